The molecule has 0 heterocycles. The summed E-state index contributed by atoms with van der Waals surface area (Å²) in [5.74, 6) is -0.0381. The van der Waals surface area contributed by atoms with Crippen molar-refractivity contribution >= 4 is 12.0 Å². The quantitative estimate of drug-likeness (QED) is 0.688. The number of carbonyl (C=O) groups is 1. The molecule has 0 saturated carbocycles. The number of phenols is 1. The first-order valence-corrected chi connectivity index (χ1v) is 6.69. The topological polar surface area (TPSA) is 60.4 Å². The minimum atomic E-state index is -0.495. The summed E-state index contributed by atoms with van der Waals surface area (Å²) in [4.78, 5) is 10.9. The van der Waals surface area contributed by atoms with Crippen molar-refractivity contribution in [1.82, 2.24) is 0 Å². The molecule has 21 heavy (non-hydrogen) atoms. The molecule has 4 nitrogen and oxygen atoms in total. The molecule has 0 amide bonds. The largest absolute Gasteiger partial charge is 0.507 e. The van der Waals surface area contributed by atoms with Gasteiger partial charge in [-0.05, 0) is 56.2 Å². The van der Waals surface area contributed by atoms with E-state index in [1.807, 2.05) is 32.9 Å². The van der Waals surface area contributed by atoms with Crippen LogP contribution in [-0.4, -0.2) is 16.9 Å². The zero-order valence-corrected chi connectivity index (χ0v) is 12.3. The summed E-state index contributed by atoms with van der Waals surface area (Å²) in [6, 6.07) is 12.0. The van der Waals surface area contributed by atoms with Crippen LogP contribution in [0.15, 0.2) is 42.5 Å². The van der Waals surface area contributed by atoms with Gasteiger partial charge in [0, 0.05) is 0 Å². The Kier molecular flexibility index (Phi) is 4.00. The molecule has 1 N–H and O–H groups in total. The molecular weight excluding hydrogens is 266 g/mol. The molecule has 0 aliphatic heterocycles. The number of rotatable bonds is 3. The number of benzene rings is 2. The second kappa shape index (κ2) is 5.58. The maximum absolute atomic E-state index is 12.1. The zero-order chi connectivity index (χ0) is 15.6. The fraction of sp³-hybridized carbons (Fsp3) is 0.235. The van der Waals surface area contributed by atoms with Crippen molar-refractivity contribution in [3.05, 3.63) is 48.0 Å². The Morgan fingerprint density at radius 3 is 2.10 bits per heavy atom. The van der Waals surface area contributed by atoms with Gasteiger partial charge in [0.2, 0.25) is 0 Å². The second-order valence-corrected chi connectivity index (χ2v) is 5.90. The Balaban J connectivity index is 2.33. The van der Waals surface area contributed by atoms with Crippen LogP contribution in [0.1, 0.15) is 31.1 Å². The van der Waals surface area contributed by atoms with Crippen LogP contribution in [0.25, 0.3) is 11.1 Å². The van der Waals surface area contributed by atoms with Gasteiger partial charge in [0.05, 0.1) is 16.8 Å². The molecule has 109 valence electrons. The van der Waals surface area contributed by atoms with Crippen LogP contribution in [0.3, 0.4) is 0 Å². The van der Waals surface area contributed by atoms with E-state index in [9.17, 15) is 15.1 Å². The number of carbonyl (C=O) groups excluding carboxylic acids is 1. The Hall–Kier alpha value is -2.33. The second-order valence-electron chi connectivity index (χ2n) is 5.90. The van der Waals surface area contributed by atoms with E-state index in [0.29, 0.717) is 12.0 Å². The third-order valence-electron chi connectivity index (χ3n) is 3.20. The number of hydroxylamine groups is 1. The molecule has 0 atom stereocenters. The van der Waals surface area contributed by atoms with E-state index in [1.165, 1.54) is 6.07 Å². The lowest BCUT2D eigenvalue weighted by molar-refractivity contribution is 0.102. The van der Waals surface area contributed by atoms with Crippen LogP contribution in [-0.2, 0) is 5.21 Å². The smallest absolute Gasteiger partial charge is 0.153 e. The van der Waals surface area contributed by atoms with Crippen molar-refractivity contribution in [1.29, 1.82) is 0 Å². The lowest BCUT2D eigenvalue weighted by Crippen LogP contribution is -2.37. The minimum Gasteiger partial charge on any atom is -0.507 e. The molecule has 2 aromatic rings. The van der Waals surface area contributed by atoms with Crippen molar-refractivity contribution in [2.45, 2.75) is 26.3 Å². The van der Waals surface area contributed by atoms with Gasteiger partial charge < -0.3 is 5.11 Å². The first kappa shape index (κ1) is 15.1. The number of nitrogens with zero attached hydrogens (tertiary/aromatic N) is 1. The molecule has 0 spiro atoms. The predicted octanol–water partition coefficient (Wildman–Crippen LogP) is 3.82. The molecule has 0 fully saturated rings. The molecule has 4 heteroatoms. The zero-order valence-electron chi connectivity index (χ0n) is 12.3. The van der Waals surface area contributed by atoms with Crippen LogP contribution in [0.2, 0.25) is 0 Å². The van der Waals surface area contributed by atoms with Crippen LogP contribution < -0.4 is 5.06 Å². The highest BCUT2D eigenvalue weighted by Crippen LogP contribution is 2.28. The predicted molar refractivity (Wildman–Crippen MR) is 81.8 cm³/mol. The van der Waals surface area contributed by atoms with E-state index in [4.69, 9.17) is 0 Å². The third-order valence-corrected chi connectivity index (χ3v) is 3.20. The Labute approximate surface area is 124 Å². The monoisotopic (exact) mass is 284 g/mol. The average molecular weight is 284 g/mol. The lowest BCUT2D eigenvalue weighted by atomic mass is 10.0. The lowest BCUT2D eigenvalue weighted by Gasteiger charge is -2.28. The molecule has 1 radical (unpaired) electrons. The van der Waals surface area contributed by atoms with Crippen molar-refractivity contribution in [2.24, 2.45) is 0 Å². The molecule has 0 aliphatic carbocycles. The van der Waals surface area contributed by atoms with Crippen molar-refractivity contribution in [3.8, 4) is 16.9 Å². The number of aromatic hydroxyl groups is 1. The summed E-state index contributed by atoms with van der Waals surface area (Å²) in [5, 5.41) is 22.6. The highest BCUT2D eigenvalue weighted by Gasteiger charge is 2.21. The van der Waals surface area contributed by atoms with Gasteiger partial charge in [-0.15, -0.1) is 0 Å². The Morgan fingerprint density at radius 1 is 1.00 bits per heavy atom. The first-order valence-electron chi connectivity index (χ1n) is 6.69. The summed E-state index contributed by atoms with van der Waals surface area (Å²) in [6.45, 7) is 5.55. The van der Waals surface area contributed by atoms with Gasteiger partial charge in [0.15, 0.2) is 6.29 Å². The fourth-order valence-electron chi connectivity index (χ4n) is 2.01. The van der Waals surface area contributed by atoms with E-state index >= 15 is 0 Å². The average Bonchev–Trinajstić information content (AvgIpc) is 2.46. The van der Waals surface area contributed by atoms with Crippen molar-refractivity contribution < 1.29 is 15.1 Å². The SMILES string of the molecule is CC(C)(C)N([O])c1ccc(-c2ccc(O)c(C=O)c2)cc1. The Morgan fingerprint density at radius 2 is 1.57 bits per heavy atom. The maximum atomic E-state index is 12.1. The molecule has 0 saturated heterocycles. The summed E-state index contributed by atoms with van der Waals surface area (Å²) in [7, 11) is 0. The van der Waals surface area contributed by atoms with Crippen LogP contribution in [0.4, 0.5) is 5.69 Å². The third kappa shape index (κ3) is 3.23. The van der Waals surface area contributed by atoms with E-state index in [0.717, 1.165) is 16.2 Å². The number of anilines is 1. The van der Waals surface area contributed by atoms with Gasteiger partial charge in [-0.25, -0.2) is 5.06 Å². The summed E-state index contributed by atoms with van der Waals surface area (Å²) in [6.07, 6.45) is 0.617. The minimum absolute atomic E-state index is 0.0381. The normalized spacial score (nSPS) is 11.2. The highest BCUT2D eigenvalue weighted by molar-refractivity contribution is 5.82. The van der Waals surface area contributed by atoms with E-state index in [1.54, 1.807) is 24.3 Å². The summed E-state index contributed by atoms with van der Waals surface area (Å²) >= 11 is 0. The summed E-state index contributed by atoms with van der Waals surface area (Å²) in [5.41, 5.74) is 2.03. The molecule has 0 bridgehead atoms. The van der Waals surface area contributed by atoms with Gasteiger partial charge in [0.25, 0.3) is 0 Å². The molecule has 2 rings (SSSR count). The van der Waals surface area contributed by atoms with Crippen molar-refractivity contribution in [3.63, 3.8) is 0 Å². The maximum Gasteiger partial charge on any atom is 0.153 e. The molecule has 0 aromatic heterocycles. The fourth-order valence-corrected chi connectivity index (χ4v) is 2.01. The Bertz CT molecular complexity index is 642. The van der Waals surface area contributed by atoms with Gasteiger partial charge in [-0.2, -0.15) is 0 Å². The molecule has 0 unspecified atom stereocenters. The van der Waals surface area contributed by atoms with Gasteiger partial charge >= 0.3 is 0 Å². The van der Waals surface area contributed by atoms with E-state index in [-0.39, 0.29) is 11.3 Å². The number of hydrogen-bond donors (Lipinski definition) is 1. The standard InChI is InChI=1S/C17H18NO3/c1-17(2,3)18(21)15-7-4-12(5-8-15)13-6-9-16(20)14(10-13)11-19/h4-11,20H,1-3H3. The number of phenolic OH excluding ortho intramolecular Hbond substituents is 1. The molecule has 2 aromatic carbocycles. The first-order chi connectivity index (χ1) is 9.82. The number of aldehydes is 1. The van der Waals surface area contributed by atoms with Crippen LogP contribution in [0.5, 0.6) is 5.75 Å². The van der Waals surface area contributed by atoms with Gasteiger partial charge in [0.1, 0.15) is 5.75 Å². The highest BCUT2D eigenvalue weighted by atomic mass is 16.5. The van der Waals surface area contributed by atoms with Crippen LogP contribution in [0, 0.1) is 0 Å². The molecule has 0 aliphatic rings. The van der Waals surface area contributed by atoms with Gasteiger partial charge in [-0.3, -0.25) is 4.79 Å². The van der Waals surface area contributed by atoms with E-state index in [2.05, 4.69) is 0 Å². The molecular formula is C17H18NO3. The van der Waals surface area contributed by atoms with Crippen molar-refractivity contribution in [2.75, 3.05) is 5.06 Å². The van der Waals surface area contributed by atoms with Crippen LogP contribution >= 0.6 is 0 Å². The number of hydrogen-bond acceptors (Lipinski definition) is 3. The van der Waals surface area contributed by atoms with Gasteiger partial charge in [-0.1, -0.05) is 23.4 Å². The summed E-state index contributed by atoms with van der Waals surface area (Å²) < 4.78 is 0. The van der Waals surface area contributed by atoms with E-state index < -0.39 is 5.54 Å².